The summed E-state index contributed by atoms with van der Waals surface area (Å²) in [6.07, 6.45) is -0.742. The monoisotopic (exact) mass is 264 g/mol. The Kier molecular flexibility index (Phi) is 3.33. The van der Waals surface area contributed by atoms with Crippen LogP contribution in [0.4, 0.5) is 5.69 Å². The van der Waals surface area contributed by atoms with Crippen LogP contribution >= 0.6 is 0 Å². The Bertz CT molecular complexity index is 513. The molecule has 6 nitrogen and oxygen atoms in total. The molecule has 0 radical (unpaired) electrons. The highest BCUT2D eigenvalue weighted by Crippen LogP contribution is 2.28. The fourth-order valence-corrected chi connectivity index (χ4v) is 1.70. The molecule has 19 heavy (non-hydrogen) atoms. The van der Waals surface area contributed by atoms with Gasteiger partial charge in [0.25, 0.3) is 5.91 Å². The lowest BCUT2D eigenvalue weighted by atomic mass is 10.1. The van der Waals surface area contributed by atoms with Gasteiger partial charge in [-0.3, -0.25) is 4.79 Å². The van der Waals surface area contributed by atoms with Gasteiger partial charge in [0.1, 0.15) is 11.3 Å². The van der Waals surface area contributed by atoms with Gasteiger partial charge in [-0.05, 0) is 26.0 Å². The van der Waals surface area contributed by atoms with Crippen molar-refractivity contribution in [1.29, 1.82) is 0 Å². The number of rotatable bonds is 3. The molecule has 0 saturated heterocycles. The first kappa shape index (κ1) is 13.2. The van der Waals surface area contributed by atoms with Crippen molar-refractivity contribution >= 4 is 17.6 Å². The number of para-hydroxylation sites is 2. The molecule has 0 saturated carbocycles. The van der Waals surface area contributed by atoms with Crippen LogP contribution in [0.15, 0.2) is 24.3 Å². The summed E-state index contributed by atoms with van der Waals surface area (Å²) in [4.78, 5) is 23.0. The third-order valence-electron chi connectivity index (χ3n) is 2.90. The number of carbonyl (C=O) groups excluding carboxylic acids is 1. The number of anilines is 1. The molecular formula is C13H16N2O4. The quantitative estimate of drug-likeness (QED) is 0.753. The standard InChI is InChI=1S/C13H16N2O4/c1-13(2,12(17)18)15-11(16)10-7-14-8-5-3-4-6-9(8)19-10/h3-6,10,14H,7H2,1-2H3,(H,15,16)(H,17,18). The molecule has 6 heteroatoms. The minimum absolute atomic E-state index is 0.304. The number of hydrogen-bond acceptors (Lipinski definition) is 4. The van der Waals surface area contributed by atoms with Crippen molar-refractivity contribution in [2.75, 3.05) is 11.9 Å². The van der Waals surface area contributed by atoms with Gasteiger partial charge in [-0.1, -0.05) is 12.1 Å². The number of hydrogen-bond donors (Lipinski definition) is 3. The van der Waals surface area contributed by atoms with Crippen LogP contribution in [-0.4, -0.2) is 35.2 Å². The average Bonchev–Trinajstić information content (AvgIpc) is 2.37. The molecule has 1 atom stereocenters. The second-order valence-electron chi connectivity index (χ2n) is 4.90. The van der Waals surface area contributed by atoms with E-state index in [1.165, 1.54) is 13.8 Å². The summed E-state index contributed by atoms with van der Waals surface area (Å²) in [7, 11) is 0. The summed E-state index contributed by atoms with van der Waals surface area (Å²) in [6, 6.07) is 7.28. The number of ether oxygens (including phenoxy) is 1. The van der Waals surface area contributed by atoms with Gasteiger partial charge in [0, 0.05) is 0 Å². The number of carbonyl (C=O) groups is 2. The summed E-state index contributed by atoms with van der Waals surface area (Å²) in [5.74, 6) is -0.957. The van der Waals surface area contributed by atoms with E-state index >= 15 is 0 Å². The van der Waals surface area contributed by atoms with Crippen LogP contribution in [0.1, 0.15) is 13.8 Å². The summed E-state index contributed by atoms with van der Waals surface area (Å²) >= 11 is 0. The van der Waals surface area contributed by atoms with E-state index in [1.807, 2.05) is 18.2 Å². The first-order valence-corrected chi connectivity index (χ1v) is 5.95. The lowest BCUT2D eigenvalue weighted by Crippen LogP contribution is -2.55. The molecule has 0 aliphatic carbocycles. The zero-order valence-electron chi connectivity index (χ0n) is 10.8. The summed E-state index contributed by atoms with van der Waals surface area (Å²) < 4.78 is 5.55. The molecule has 1 heterocycles. The predicted octanol–water partition coefficient (Wildman–Crippen LogP) is 0.839. The molecule has 1 unspecified atom stereocenters. The van der Waals surface area contributed by atoms with Gasteiger partial charge in [0.15, 0.2) is 6.10 Å². The molecule has 0 fully saturated rings. The van der Waals surface area contributed by atoms with E-state index in [4.69, 9.17) is 9.84 Å². The van der Waals surface area contributed by atoms with Gasteiger partial charge in [-0.15, -0.1) is 0 Å². The van der Waals surface area contributed by atoms with E-state index in [-0.39, 0.29) is 0 Å². The van der Waals surface area contributed by atoms with Gasteiger partial charge < -0.3 is 20.5 Å². The topological polar surface area (TPSA) is 87.7 Å². The average molecular weight is 264 g/mol. The number of benzene rings is 1. The normalized spacial score (nSPS) is 17.7. The van der Waals surface area contributed by atoms with Crippen LogP contribution in [0, 0.1) is 0 Å². The molecule has 1 amide bonds. The van der Waals surface area contributed by atoms with E-state index < -0.39 is 23.5 Å². The molecule has 0 bridgehead atoms. The van der Waals surface area contributed by atoms with Crippen LogP contribution in [0.2, 0.25) is 0 Å². The minimum atomic E-state index is -1.32. The highest BCUT2D eigenvalue weighted by molar-refractivity contribution is 5.89. The Morgan fingerprint density at radius 3 is 2.79 bits per heavy atom. The Morgan fingerprint density at radius 2 is 2.11 bits per heavy atom. The first-order valence-electron chi connectivity index (χ1n) is 5.95. The third-order valence-corrected chi connectivity index (χ3v) is 2.90. The van der Waals surface area contributed by atoms with Crippen molar-refractivity contribution in [3.8, 4) is 5.75 Å². The number of nitrogens with one attached hydrogen (secondary N) is 2. The number of carboxylic acids is 1. The Hall–Kier alpha value is -2.24. The van der Waals surface area contributed by atoms with Crippen LogP contribution in [-0.2, 0) is 9.59 Å². The predicted molar refractivity (Wildman–Crippen MR) is 69.2 cm³/mol. The van der Waals surface area contributed by atoms with E-state index in [0.29, 0.717) is 12.3 Å². The van der Waals surface area contributed by atoms with E-state index in [1.54, 1.807) is 6.07 Å². The Balaban J connectivity index is 2.05. The lowest BCUT2D eigenvalue weighted by Gasteiger charge is -2.29. The molecule has 3 N–H and O–H groups in total. The van der Waals surface area contributed by atoms with Gasteiger partial charge in [-0.2, -0.15) is 0 Å². The molecule has 102 valence electrons. The van der Waals surface area contributed by atoms with E-state index in [2.05, 4.69) is 10.6 Å². The zero-order chi connectivity index (χ0) is 14.0. The Labute approximate surface area is 110 Å². The zero-order valence-corrected chi connectivity index (χ0v) is 10.8. The molecule has 1 aliphatic rings. The second kappa shape index (κ2) is 4.79. The van der Waals surface area contributed by atoms with Crippen LogP contribution in [0.3, 0.4) is 0 Å². The molecule has 2 rings (SSSR count). The van der Waals surface area contributed by atoms with Gasteiger partial charge in [0.05, 0.1) is 12.2 Å². The van der Waals surface area contributed by atoms with Gasteiger partial charge in [0.2, 0.25) is 0 Å². The molecule has 1 aliphatic heterocycles. The van der Waals surface area contributed by atoms with Crippen molar-refractivity contribution in [3.63, 3.8) is 0 Å². The van der Waals surface area contributed by atoms with Crippen molar-refractivity contribution < 1.29 is 19.4 Å². The molecule has 0 spiro atoms. The fourth-order valence-electron chi connectivity index (χ4n) is 1.70. The van der Waals surface area contributed by atoms with Gasteiger partial charge in [-0.25, -0.2) is 4.79 Å². The lowest BCUT2D eigenvalue weighted by molar-refractivity contribution is -0.147. The highest BCUT2D eigenvalue weighted by atomic mass is 16.5. The minimum Gasteiger partial charge on any atom is -0.480 e. The molecule has 1 aromatic rings. The maximum atomic E-state index is 12.0. The molecule has 0 aromatic heterocycles. The Morgan fingerprint density at radius 1 is 1.42 bits per heavy atom. The third kappa shape index (κ3) is 2.78. The highest BCUT2D eigenvalue weighted by Gasteiger charge is 2.34. The second-order valence-corrected chi connectivity index (χ2v) is 4.90. The fraction of sp³-hybridized carbons (Fsp3) is 0.385. The largest absolute Gasteiger partial charge is 0.480 e. The van der Waals surface area contributed by atoms with Crippen LogP contribution in [0.25, 0.3) is 0 Å². The van der Waals surface area contributed by atoms with Crippen molar-refractivity contribution in [2.45, 2.75) is 25.5 Å². The number of fused-ring (bicyclic) bond motifs is 1. The number of carboxylic acid groups (broad SMARTS) is 1. The number of amides is 1. The maximum absolute atomic E-state index is 12.0. The van der Waals surface area contributed by atoms with Gasteiger partial charge >= 0.3 is 5.97 Å². The van der Waals surface area contributed by atoms with Crippen molar-refractivity contribution in [3.05, 3.63) is 24.3 Å². The van der Waals surface area contributed by atoms with Crippen LogP contribution in [0.5, 0.6) is 5.75 Å². The SMILES string of the molecule is CC(C)(NC(=O)C1CNc2ccccc2O1)C(=O)O. The van der Waals surface area contributed by atoms with Crippen molar-refractivity contribution in [1.82, 2.24) is 5.32 Å². The molecular weight excluding hydrogens is 248 g/mol. The molecule has 1 aromatic carbocycles. The summed E-state index contributed by atoms with van der Waals surface area (Å²) in [5, 5.41) is 14.5. The van der Waals surface area contributed by atoms with E-state index in [9.17, 15) is 9.59 Å². The summed E-state index contributed by atoms with van der Waals surface area (Å²) in [6.45, 7) is 3.16. The first-order chi connectivity index (χ1) is 8.90. The number of aliphatic carboxylic acids is 1. The van der Waals surface area contributed by atoms with E-state index in [0.717, 1.165) is 5.69 Å². The smallest absolute Gasteiger partial charge is 0.328 e. The van der Waals surface area contributed by atoms with Crippen molar-refractivity contribution in [2.24, 2.45) is 0 Å². The summed E-state index contributed by atoms with van der Waals surface area (Å²) in [5.41, 5.74) is -0.499. The maximum Gasteiger partial charge on any atom is 0.328 e. The van der Waals surface area contributed by atoms with Crippen LogP contribution < -0.4 is 15.4 Å².